The molecule has 0 amide bonds. The summed E-state index contributed by atoms with van der Waals surface area (Å²) in [7, 11) is 0. The molecule has 1 aliphatic carbocycles. The number of nitrogens with one attached hydrogen (secondary N) is 2. The Labute approximate surface area is 154 Å². The first kappa shape index (κ1) is 17.6. The third-order valence-corrected chi connectivity index (χ3v) is 5.05. The lowest BCUT2D eigenvalue weighted by Gasteiger charge is -2.30. The van der Waals surface area contributed by atoms with Crippen molar-refractivity contribution in [3.63, 3.8) is 0 Å². The van der Waals surface area contributed by atoms with Crippen LogP contribution in [0.4, 0.5) is 0 Å². The molecule has 0 spiro atoms. The van der Waals surface area contributed by atoms with Crippen LogP contribution in [0.15, 0.2) is 48.1 Å². The average molecular weight is 356 g/mol. The molecule has 6 heteroatoms. The fourth-order valence-corrected chi connectivity index (χ4v) is 3.41. The maximum atomic E-state index is 5.39. The summed E-state index contributed by atoms with van der Waals surface area (Å²) in [5.41, 5.74) is 6.02. The van der Waals surface area contributed by atoms with E-state index < -0.39 is 0 Å². The van der Waals surface area contributed by atoms with Gasteiger partial charge in [-0.05, 0) is 55.6 Å². The van der Waals surface area contributed by atoms with E-state index in [1.165, 1.54) is 25.7 Å². The van der Waals surface area contributed by atoms with E-state index >= 15 is 0 Å². The third kappa shape index (κ3) is 4.66. The first-order valence-electron chi connectivity index (χ1n) is 8.83. The summed E-state index contributed by atoms with van der Waals surface area (Å²) in [5, 5.41) is 8.43. The highest BCUT2D eigenvalue weighted by atomic mass is 32.1. The van der Waals surface area contributed by atoms with Gasteiger partial charge in [-0.3, -0.25) is 5.43 Å². The van der Waals surface area contributed by atoms with E-state index in [0.717, 1.165) is 17.0 Å². The molecule has 5 nitrogen and oxygen atoms in total. The lowest BCUT2D eigenvalue weighted by atomic mass is 9.86. The molecule has 2 N–H and O–H groups in total. The molecule has 3 rings (SSSR count). The maximum Gasteiger partial charge on any atom is 0.187 e. The number of thiocarbonyl (C=S) groups is 1. The summed E-state index contributed by atoms with van der Waals surface area (Å²) in [4.78, 5) is 4.07. The van der Waals surface area contributed by atoms with E-state index in [1.54, 1.807) is 12.5 Å². The maximum absolute atomic E-state index is 5.39. The number of hydrogen-bond donors (Lipinski definition) is 2. The van der Waals surface area contributed by atoms with Crippen molar-refractivity contribution in [3.8, 4) is 5.69 Å². The second kappa shape index (κ2) is 8.25. The van der Waals surface area contributed by atoms with Crippen LogP contribution in [-0.2, 0) is 0 Å². The molecule has 1 saturated carbocycles. The highest BCUT2D eigenvalue weighted by Crippen LogP contribution is 2.23. The van der Waals surface area contributed by atoms with E-state index in [2.05, 4.69) is 52.0 Å². The van der Waals surface area contributed by atoms with Gasteiger partial charge in [0, 0.05) is 24.1 Å². The fourth-order valence-electron chi connectivity index (χ4n) is 3.22. The molecular weight excluding hydrogens is 330 g/mol. The Morgan fingerprint density at radius 3 is 2.68 bits per heavy atom. The Bertz CT molecular complexity index is 721. The number of imidazole rings is 1. The quantitative estimate of drug-likeness (QED) is 0.499. The zero-order valence-corrected chi connectivity index (χ0v) is 15.6. The molecule has 2 aromatic rings. The van der Waals surface area contributed by atoms with Gasteiger partial charge in [0.25, 0.3) is 0 Å². The minimum Gasteiger partial charge on any atom is -0.358 e. The van der Waals surface area contributed by atoms with E-state index in [0.29, 0.717) is 17.1 Å². The van der Waals surface area contributed by atoms with Crippen LogP contribution in [0.1, 0.15) is 45.1 Å². The van der Waals surface area contributed by atoms with Crippen LogP contribution in [0, 0.1) is 5.92 Å². The minimum absolute atomic E-state index is 0.457. The molecule has 132 valence electrons. The lowest BCUT2D eigenvalue weighted by molar-refractivity contribution is 0.308. The lowest BCUT2D eigenvalue weighted by Crippen LogP contribution is -2.44. The second-order valence-electron chi connectivity index (χ2n) is 6.67. The summed E-state index contributed by atoms with van der Waals surface area (Å²) in [6.07, 6.45) is 10.5. The zero-order chi connectivity index (χ0) is 17.6. The van der Waals surface area contributed by atoms with Gasteiger partial charge in [0.15, 0.2) is 5.11 Å². The first-order chi connectivity index (χ1) is 12.1. The van der Waals surface area contributed by atoms with Gasteiger partial charge in [0.1, 0.15) is 0 Å². The number of hydrazone groups is 1. The Morgan fingerprint density at radius 1 is 1.24 bits per heavy atom. The van der Waals surface area contributed by atoms with E-state index in [4.69, 9.17) is 12.2 Å². The molecule has 1 heterocycles. The highest BCUT2D eigenvalue weighted by molar-refractivity contribution is 7.80. The van der Waals surface area contributed by atoms with Crippen LogP contribution >= 0.6 is 12.2 Å². The molecule has 0 aliphatic heterocycles. The van der Waals surface area contributed by atoms with Crippen molar-refractivity contribution in [2.45, 2.75) is 45.6 Å². The van der Waals surface area contributed by atoms with Crippen LogP contribution in [0.25, 0.3) is 5.69 Å². The predicted octanol–water partition coefficient (Wildman–Crippen LogP) is 3.64. The van der Waals surface area contributed by atoms with Crippen molar-refractivity contribution in [2.75, 3.05) is 0 Å². The average Bonchev–Trinajstić information content (AvgIpc) is 3.16. The Balaban J connectivity index is 1.56. The highest BCUT2D eigenvalue weighted by Gasteiger charge is 2.21. The largest absolute Gasteiger partial charge is 0.358 e. The smallest absolute Gasteiger partial charge is 0.187 e. The monoisotopic (exact) mass is 355 g/mol. The number of rotatable bonds is 4. The van der Waals surface area contributed by atoms with Crippen LogP contribution in [0.2, 0.25) is 0 Å². The van der Waals surface area contributed by atoms with Gasteiger partial charge in [-0.2, -0.15) is 5.10 Å². The van der Waals surface area contributed by atoms with Crippen LogP contribution in [0.5, 0.6) is 0 Å². The SMILES string of the molecule is C/C(=N/NC(=S)N[C@H]1CCCC[C@@H]1C)c1ccc(-n2ccnc2)cc1. The molecule has 25 heavy (non-hydrogen) atoms. The van der Waals surface area contributed by atoms with Crippen molar-refractivity contribution in [1.29, 1.82) is 0 Å². The summed E-state index contributed by atoms with van der Waals surface area (Å²) in [6.45, 7) is 4.26. The zero-order valence-electron chi connectivity index (χ0n) is 14.8. The molecule has 0 saturated heterocycles. The molecule has 1 fully saturated rings. The number of nitrogens with zero attached hydrogens (tertiary/aromatic N) is 3. The van der Waals surface area contributed by atoms with Gasteiger partial charge in [0.05, 0.1) is 12.0 Å². The molecule has 1 aromatic heterocycles. The van der Waals surface area contributed by atoms with Gasteiger partial charge in [-0.15, -0.1) is 0 Å². The van der Waals surface area contributed by atoms with Gasteiger partial charge < -0.3 is 9.88 Å². The summed E-state index contributed by atoms with van der Waals surface area (Å²) >= 11 is 5.39. The molecule has 1 aliphatic rings. The van der Waals surface area contributed by atoms with Crippen LogP contribution in [-0.4, -0.2) is 26.4 Å². The Morgan fingerprint density at radius 2 is 2.00 bits per heavy atom. The van der Waals surface area contributed by atoms with Crippen molar-refractivity contribution in [3.05, 3.63) is 48.5 Å². The van der Waals surface area contributed by atoms with E-state index in [1.807, 2.05) is 17.7 Å². The Kier molecular flexibility index (Phi) is 5.81. The van der Waals surface area contributed by atoms with Gasteiger partial charge in [0.2, 0.25) is 0 Å². The van der Waals surface area contributed by atoms with Crippen molar-refractivity contribution >= 4 is 23.0 Å². The first-order valence-corrected chi connectivity index (χ1v) is 9.24. The number of aromatic nitrogens is 2. The summed E-state index contributed by atoms with van der Waals surface area (Å²) in [6, 6.07) is 8.66. The van der Waals surface area contributed by atoms with Gasteiger partial charge >= 0.3 is 0 Å². The van der Waals surface area contributed by atoms with Crippen LogP contribution < -0.4 is 10.7 Å². The molecule has 1 aromatic carbocycles. The normalized spacial score (nSPS) is 21.0. The molecular formula is C19H25N5S. The molecule has 0 bridgehead atoms. The Hall–Kier alpha value is -2.21. The summed E-state index contributed by atoms with van der Waals surface area (Å²) in [5.74, 6) is 0.661. The molecule has 0 radical (unpaired) electrons. The molecule has 2 atom stereocenters. The number of benzene rings is 1. The predicted molar refractivity (Wildman–Crippen MR) is 106 cm³/mol. The molecule has 0 unspecified atom stereocenters. The van der Waals surface area contributed by atoms with Gasteiger partial charge in [-0.25, -0.2) is 4.98 Å². The second-order valence-corrected chi connectivity index (χ2v) is 7.08. The van der Waals surface area contributed by atoms with E-state index in [9.17, 15) is 0 Å². The standard InChI is InChI=1S/C19H25N5S/c1-14-5-3-4-6-18(14)21-19(25)23-22-15(2)16-7-9-17(10-8-16)24-12-11-20-13-24/h7-14,18H,3-6H2,1-2H3,(H2,21,23,25)/b22-15-/t14-,18-/m0/s1. The van der Waals surface area contributed by atoms with E-state index in [-0.39, 0.29) is 0 Å². The summed E-state index contributed by atoms with van der Waals surface area (Å²) < 4.78 is 1.97. The fraction of sp³-hybridized carbons (Fsp3) is 0.421. The van der Waals surface area contributed by atoms with Crippen molar-refractivity contribution < 1.29 is 0 Å². The number of hydrogen-bond acceptors (Lipinski definition) is 3. The topological polar surface area (TPSA) is 54.2 Å². The van der Waals surface area contributed by atoms with Crippen LogP contribution in [0.3, 0.4) is 0 Å². The minimum atomic E-state index is 0.457. The van der Waals surface area contributed by atoms with Gasteiger partial charge in [-0.1, -0.05) is 31.9 Å². The van der Waals surface area contributed by atoms with Crippen molar-refractivity contribution in [2.24, 2.45) is 11.0 Å². The van der Waals surface area contributed by atoms with Crippen molar-refractivity contribution in [1.82, 2.24) is 20.3 Å². The third-order valence-electron chi connectivity index (χ3n) is 4.84.